The summed E-state index contributed by atoms with van der Waals surface area (Å²) in [5, 5.41) is 0. The SMILES string of the molecule is [SiH3]O[SiH2]C=Cc1ccccc1. The van der Waals surface area contributed by atoms with E-state index in [0.29, 0.717) is 0 Å². The van der Waals surface area contributed by atoms with Crippen LogP contribution in [0.1, 0.15) is 5.56 Å². The van der Waals surface area contributed by atoms with Crippen LogP contribution in [0.15, 0.2) is 36.0 Å². The first-order chi connectivity index (χ1) is 5.43. The fraction of sp³-hybridized carbons (Fsp3) is 0. The van der Waals surface area contributed by atoms with E-state index < -0.39 is 0 Å². The Bertz CT molecular complexity index is 221. The number of benzene rings is 1. The van der Waals surface area contributed by atoms with Gasteiger partial charge in [0.05, 0.1) is 0 Å². The molecule has 0 atom stereocenters. The molecule has 1 aromatic carbocycles. The lowest BCUT2D eigenvalue weighted by Crippen LogP contribution is -1.87. The van der Waals surface area contributed by atoms with Gasteiger partial charge in [-0.3, -0.25) is 0 Å². The molecule has 0 spiro atoms. The lowest BCUT2D eigenvalue weighted by molar-refractivity contribution is 0.676. The topological polar surface area (TPSA) is 9.23 Å². The van der Waals surface area contributed by atoms with E-state index >= 15 is 0 Å². The Morgan fingerprint density at radius 3 is 2.64 bits per heavy atom. The van der Waals surface area contributed by atoms with E-state index in [2.05, 4.69) is 23.9 Å². The van der Waals surface area contributed by atoms with Crippen LogP contribution in [-0.2, 0) is 4.12 Å². The lowest BCUT2D eigenvalue weighted by atomic mass is 10.2. The molecule has 1 aromatic rings. The summed E-state index contributed by atoms with van der Waals surface area (Å²) >= 11 is 0. The van der Waals surface area contributed by atoms with Gasteiger partial charge in [-0.1, -0.05) is 42.1 Å². The van der Waals surface area contributed by atoms with Crippen molar-refractivity contribution in [3.63, 3.8) is 0 Å². The van der Waals surface area contributed by atoms with Gasteiger partial charge >= 0.3 is 0 Å². The number of hydrogen-bond acceptors (Lipinski definition) is 1. The first-order valence-electron chi connectivity index (χ1n) is 3.64. The van der Waals surface area contributed by atoms with Crippen LogP contribution in [0, 0.1) is 0 Å². The molecule has 0 radical (unpaired) electrons. The molecule has 0 amide bonds. The second-order valence-electron chi connectivity index (χ2n) is 2.27. The van der Waals surface area contributed by atoms with E-state index in [-0.39, 0.29) is 9.76 Å². The van der Waals surface area contributed by atoms with Gasteiger partial charge < -0.3 is 4.12 Å². The maximum Gasteiger partial charge on any atom is 0.170 e. The fourth-order valence-corrected chi connectivity index (χ4v) is 1.98. The average Bonchev–Trinajstić information content (AvgIpc) is 2.07. The average molecular weight is 180 g/mol. The maximum atomic E-state index is 5.15. The monoisotopic (exact) mass is 180 g/mol. The Balaban J connectivity index is 2.50. The van der Waals surface area contributed by atoms with Gasteiger partial charge in [0.25, 0.3) is 0 Å². The van der Waals surface area contributed by atoms with Crippen molar-refractivity contribution in [2.75, 3.05) is 0 Å². The summed E-state index contributed by atoms with van der Waals surface area (Å²) < 4.78 is 5.15. The van der Waals surface area contributed by atoms with Crippen LogP contribution in [0.3, 0.4) is 0 Å². The van der Waals surface area contributed by atoms with Gasteiger partial charge in [0.15, 0.2) is 9.76 Å². The smallest absolute Gasteiger partial charge is 0.170 e. The first-order valence-corrected chi connectivity index (χ1v) is 5.85. The molecule has 0 aliphatic heterocycles. The second-order valence-corrected chi connectivity index (χ2v) is 5.38. The molecule has 0 saturated heterocycles. The fourth-order valence-electron chi connectivity index (χ4n) is 0.845. The van der Waals surface area contributed by atoms with Gasteiger partial charge in [-0.15, -0.1) is 0 Å². The van der Waals surface area contributed by atoms with Crippen molar-refractivity contribution in [2.24, 2.45) is 0 Å². The standard InChI is InChI=1S/C8H12OSi2/c10-9-11-7-6-8-4-2-1-3-5-8/h1-7H,11H2,10H3. The zero-order valence-electron chi connectivity index (χ0n) is 6.66. The molecule has 3 heteroatoms. The highest BCUT2D eigenvalue weighted by Gasteiger charge is 1.80. The summed E-state index contributed by atoms with van der Waals surface area (Å²) in [6.07, 6.45) is 2.13. The van der Waals surface area contributed by atoms with Crippen molar-refractivity contribution in [1.82, 2.24) is 0 Å². The van der Waals surface area contributed by atoms with E-state index in [1.807, 2.05) is 18.2 Å². The minimum Gasteiger partial charge on any atom is -0.465 e. The molecule has 0 unspecified atom stereocenters. The quantitative estimate of drug-likeness (QED) is 0.597. The molecular weight excluding hydrogens is 168 g/mol. The molecule has 0 saturated carbocycles. The molecular formula is C8H12OSi2. The molecule has 58 valence electrons. The molecule has 11 heavy (non-hydrogen) atoms. The maximum absolute atomic E-state index is 5.15. The van der Waals surface area contributed by atoms with E-state index in [9.17, 15) is 0 Å². The highest BCUT2D eigenvalue weighted by atomic mass is 28.3. The van der Waals surface area contributed by atoms with Gasteiger partial charge in [0.1, 0.15) is 10.5 Å². The Morgan fingerprint density at radius 2 is 2.00 bits per heavy atom. The largest absolute Gasteiger partial charge is 0.465 e. The third-order valence-corrected chi connectivity index (χ3v) is 3.13. The van der Waals surface area contributed by atoms with Crippen LogP contribution in [0.2, 0.25) is 0 Å². The zero-order chi connectivity index (χ0) is 7.94. The Morgan fingerprint density at radius 1 is 1.27 bits per heavy atom. The third kappa shape index (κ3) is 3.31. The predicted molar refractivity (Wildman–Crippen MR) is 55.0 cm³/mol. The van der Waals surface area contributed by atoms with Crippen molar-refractivity contribution >= 4 is 26.3 Å². The van der Waals surface area contributed by atoms with Crippen LogP contribution in [-0.4, -0.2) is 20.2 Å². The molecule has 0 fully saturated rings. The minimum absolute atomic E-state index is 0.341. The Labute approximate surface area is 72.6 Å². The molecule has 0 bridgehead atoms. The summed E-state index contributed by atoms with van der Waals surface area (Å²) in [5.41, 5.74) is 3.43. The van der Waals surface area contributed by atoms with Crippen LogP contribution in [0.4, 0.5) is 0 Å². The highest BCUT2D eigenvalue weighted by Crippen LogP contribution is 1.99. The van der Waals surface area contributed by atoms with Gasteiger partial charge in [-0.25, -0.2) is 0 Å². The van der Waals surface area contributed by atoms with Gasteiger partial charge in [0, 0.05) is 0 Å². The molecule has 1 nitrogen and oxygen atoms in total. The van der Waals surface area contributed by atoms with Gasteiger partial charge in [-0.2, -0.15) is 0 Å². The summed E-state index contributed by atoms with van der Waals surface area (Å²) in [6, 6.07) is 10.3. The van der Waals surface area contributed by atoms with Crippen LogP contribution < -0.4 is 0 Å². The van der Waals surface area contributed by atoms with Crippen LogP contribution >= 0.6 is 0 Å². The number of rotatable bonds is 3. The van der Waals surface area contributed by atoms with E-state index in [1.54, 1.807) is 0 Å². The molecule has 0 heterocycles. The Hall–Kier alpha value is -0.646. The van der Waals surface area contributed by atoms with Crippen molar-refractivity contribution < 1.29 is 4.12 Å². The van der Waals surface area contributed by atoms with Crippen molar-refractivity contribution in [3.8, 4) is 0 Å². The van der Waals surface area contributed by atoms with Crippen molar-refractivity contribution in [2.45, 2.75) is 0 Å². The molecule has 0 N–H and O–H groups in total. The van der Waals surface area contributed by atoms with Crippen molar-refractivity contribution in [1.29, 1.82) is 0 Å². The molecule has 0 aliphatic rings. The van der Waals surface area contributed by atoms with Crippen LogP contribution in [0.25, 0.3) is 6.08 Å². The number of hydrogen-bond donors (Lipinski definition) is 0. The summed E-state index contributed by atoms with van der Waals surface area (Å²) in [6.45, 7) is 0. The van der Waals surface area contributed by atoms with Gasteiger partial charge in [-0.05, 0) is 5.56 Å². The summed E-state index contributed by atoms with van der Waals surface area (Å²) in [7, 11) is 0.535. The Kier molecular flexibility index (Phi) is 3.89. The first kappa shape index (κ1) is 8.45. The second kappa shape index (κ2) is 5.06. The van der Waals surface area contributed by atoms with E-state index in [1.165, 1.54) is 5.56 Å². The van der Waals surface area contributed by atoms with E-state index in [4.69, 9.17) is 4.12 Å². The third-order valence-electron chi connectivity index (χ3n) is 1.37. The zero-order valence-corrected chi connectivity index (χ0v) is 10.1. The van der Waals surface area contributed by atoms with Crippen LogP contribution in [0.5, 0.6) is 0 Å². The highest BCUT2D eigenvalue weighted by molar-refractivity contribution is 6.41. The normalized spacial score (nSPS) is 12.0. The summed E-state index contributed by atoms with van der Waals surface area (Å²) in [4.78, 5) is 0. The minimum atomic E-state index is -0.341. The van der Waals surface area contributed by atoms with Gasteiger partial charge in [0.2, 0.25) is 0 Å². The molecule has 0 aromatic heterocycles. The van der Waals surface area contributed by atoms with E-state index in [0.717, 1.165) is 10.5 Å². The summed E-state index contributed by atoms with van der Waals surface area (Å²) in [5.74, 6) is 0. The molecule has 0 aliphatic carbocycles. The van der Waals surface area contributed by atoms with Crippen molar-refractivity contribution in [3.05, 3.63) is 41.6 Å². The predicted octanol–water partition coefficient (Wildman–Crippen LogP) is 0.0381. The lowest BCUT2D eigenvalue weighted by Gasteiger charge is -1.90. The molecule has 1 rings (SSSR count).